The molecular weight excluding hydrogens is 434 g/mol. The van der Waals surface area contributed by atoms with E-state index < -0.39 is 0 Å². The number of thioether (sulfide) groups is 1. The predicted molar refractivity (Wildman–Crippen MR) is 118 cm³/mol. The molecule has 11 heteroatoms. The summed E-state index contributed by atoms with van der Waals surface area (Å²) in [6.07, 6.45) is 0.823. The van der Waals surface area contributed by atoms with E-state index in [1.54, 1.807) is 9.58 Å². The maximum absolute atomic E-state index is 12.9. The van der Waals surface area contributed by atoms with Crippen molar-refractivity contribution in [2.24, 2.45) is 0 Å². The first-order valence-electron chi connectivity index (χ1n) is 9.77. The summed E-state index contributed by atoms with van der Waals surface area (Å²) in [5.41, 5.74) is 1.94. The zero-order chi connectivity index (χ0) is 21.6. The Bertz CT molecular complexity index is 1140. The number of benzene rings is 1. The molecule has 4 rings (SSSR count). The van der Waals surface area contributed by atoms with Crippen LogP contribution in [0.5, 0.6) is 0 Å². The molecule has 0 spiro atoms. The molecule has 160 valence electrons. The third kappa shape index (κ3) is 5.00. The lowest BCUT2D eigenvalue weighted by Gasteiger charge is -2.19. The summed E-state index contributed by atoms with van der Waals surface area (Å²) in [5, 5.41) is 22.7. The third-order valence-electron chi connectivity index (χ3n) is 4.48. The second-order valence-corrected chi connectivity index (χ2v) is 8.63. The number of thiophene rings is 1. The van der Waals surface area contributed by atoms with Gasteiger partial charge in [0.1, 0.15) is 0 Å². The predicted octanol–water partition coefficient (Wildman–Crippen LogP) is 3.61. The van der Waals surface area contributed by atoms with Crippen LogP contribution in [-0.4, -0.2) is 53.5 Å². The highest BCUT2D eigenvalue weighted by Crippen LogP contribution is 2.24. The zero-order valence-electron chi connectivity index (χ0n) is 17.1. The molecule has 0 bridgehead atoms. The number of tetrazole rings is 1. The molecule has 4 aromatic rings. The van der Waals surface area contributed by atoms with Gasteiger partial charge >= 0.3 is 0 Å². The molecule has 0 radical (unpaired) electrons. The number of carbonyl (C=O) groups is 1. The summed E-state index contributed by atoms with van der Waals surface area (Å²) in [4.78, 5) is 15.6. The Morgan fingerprint density at radius 1 is 1.19 bits per heavy atom. The van der Waals surface area contributed by atoms with Crippen LogP contribution in [0.2, 0.25) is 0 Å². The molecule has 1 amide bonds. The molecule has 3 aromatic heterocycles. The highest BCUT2D eigenvalue weighted by atomic mass is 32.2. The molecule has 31 heavy (non-hydrogen) atoms. The molecule has 0 N–H and O–H groups in total. The Labute approximate surface area is 187 Å². The first-order chi connectivity index (χ1) is 15.2. The first kappa shape index (κ1) is 21.2. The van der Waals surface area contributed by atoms with Crippen molar-refractivity contribution in [2.75, 3.05) is 12.3 Å². The molecule has 0 atom stereocenters. The highest BCUT2D eigenvalue weighted by molar-refractivity contribution is 7.99. The maximum atomic E-state index is 12.9. The number of hydrogen-bond acceptors (Lipinski definition) is 9. The van der Waals surface area contributed by atoms with Crippen LogP contribution in [0.1, 0.15) is 24.8 Å². The van der Waals surface area contributed by atoms with Crippen LogP contribution in [0.4, 0.5) is 0 Å². The number of carbonyl (C=O) groups excluding carboxylic acids is 1. The molecular formula is C20H21N7O2S2. The van der Waals surface area contributed by atoms with E-state index in [-0.39, 0.29) is 18.2 Å². The van der Waals surface area contributed by atoms with Crippen molar-refractivity contribution in [3.63, 3.8) is 0 Å². The Morgan fingerprint density at radius 3 is 2.84 bits per heavy atom. The molecule has 0 saturated carbocycles. The molecule has 0 aliphatic rings. The van der Waals surface area contributed by atoms with E-state index in [2.05, 4.69) is 25.7 Å². The van der Waals surface area contributed by atoms with Gasteiger partial charge in [0.25, 0.3) is 5.89 Å². The molecule has 9 nitrogen and oxygen atoms in total. The van der Waals surface area contributed by atoms with E-state index in [1.165, 1.54) is 23.1 Å². The normalized spacial score (nSPS) is 11.0. The Kier molecular flexibility index (Phi) is 6.73. The number of aryl methyl sites for hydroxylation is 1. The fourth-order valence-corrected chi connectivity index (χ4v) is 4.41. The van der Waals surface area contributed by atoms with Gasteiger partial charge in [-0.1, -0.05) is 43.0 Å². The SMILES string of the molecule is CCCN(Cc1nnc(-c2cccs2)o1)C(=O)CSc1nnnn1-c1ccccc1C. The average Bonchev–Trinajstić information content (AvgIpc) is 3.53. The maximum Gasteiger partial charge on any atom is 0.257 e. The van der Waals surface area contributed by atoms with Gasteiger partial charge in [-0.2, -0.15) is 4.68 Å². The van der Waals surface area contributed by atoms with E-state index in [9.17, 15) is 4.79 Å². The van der Waals surface area contributed by atoms with E-state index >= 15 is 0 Å². The van der Waals surface area contributed by atoms with Crippen LogP contribution in [0, 0.1) is 6.92 Å². The minimum atomic E-state index is -0.0398. The van der Waals surface area contributed by atoms with Gasteiger partial charge in [0.2, 0.25) is 17.0 Å². The standard InChI is InChI=1S/C20H21N7O2S2/c1-3-10-26(12-17-21-22-19(29-17)16-9-6-11-30-16)18(28)13-31-20-23-24-25-27(20)15-8-5-4-7-14(15)2/h4-9,11H,3,10,12-13H2,1-2H3. The van der Waals surface area contributed by atoms with Crippen LogP contribution < -0.4 is 0 Å². The number of para-hydroxylation sites is 1. The summed E-state index contributed by atoms with van der Waals surface area (Å²) in [7, 11) is 0. The summed E-state index contributed by atoms with van der Waals surface area (Å²) >= 11 is 2.83. The highest BCUT2D eigenvalue weighted by Gasteiger charge is 2.20. The summed E-state index contributed by atoms with van der Waals surface area (Å²) in [6.45, 7) is 4.89. The van der Waals surface area contributed by atoms with Crippen molar-refractivity contribution in [2.45, 2.75) is 32.0 Å². The largest absolute Gasteiger partial charge is 0.418 e. The van der Waals surface area contributed by atoms with Gasteiger partial charge in [-0.05, 0) is 46.8 Å². The van der Waals surface area contributed by atoms with Gasteiger partial charge in [-0.25, -0.2) is 0 Å². The Hall–Kier alpha value is -3.05. The molecule has 1 aromatic carbocycles. The van der Waals surface area contributed by atoms with Crippen molar-refractivity contribution >= 4 is 29.0 Å². The summed E-state index contributed by atoms with van der Waals surface area (Å²) in [5.74, 6) is 1.06. The van der Waals surface area contributed by atoms with Crippen molar-refractivity contribution in [1.29, 1.82) is 0 Å². The monoisotopic (exact) mass is 455 g/mol. The Balaban J connectivity index is 1.42. The molecule has 0 saturated heterocycles. The van der Waals surface area contributed by atoms with Gasteiger partial charge in [0.15, 0.2) is 0 Å². The molecule has 0 fully saturated rings. The topological polar surface area (TPSA) is 103 Å². The lowest BCUT2D eigenvalue weighted by molar-refractivity contribution is -0.129. The average molecular weight is 456 g/mol. The summed E-state index contributed by atoms with van der Waals surface area (Å²) < 4.78 is 7.40. The van der Waals surface area contributed by atoms with Crippen LogP contribution in [0.3, 0.4) is 0 Å². The number of rotatable bonds is 9. The van der Waals surface area contributed by atoms with E-state index in [0.717, 1.165) is 22.5 Å². The molecule has 3 heterocycles. The second-order valence-electron chi connectivity index (χ2n) is 6.74. The fourth-order valence-electron chi connectivity index (χ4n) is 2.98. The lowest BCUT2D eigenvalue weighted by atomic mass is 10.2. The second kappa shape index (κ2) is 9.84. The van der Waals surface area contributed by atoms with Gasteiger partial charge in [-0.3, -0.25) is 4.79 Å². The van der Waals surface area contributed by atoms with Crippen LogP contribution in [-0.2, 0) is 11.3 Å². The zero-order valence-corrected chi connectivity index (χ0v) is 18.8. The van der Waals surface area contributed by atoms with Gasteiger partial charge < -0.3 is 9.32 Å². The van der Waals surface area contributed by atoms with Gasteiger partial charge in [0.05, 0.1) is 22.9 Å². The van der Waals surface area contributed by atoms with Crippen LogP contribution in [0.25, 0.3) is 16.5 Å². The fraction of sp³-hybridized carbons (Fsp3) is 0.300. The first-order valence-corrected chi connectivity index (χ1v) is 11.6. The molecule has 0 unspecified atom stereocenters. The minimum absolute atomic E-state index is 0.0398. The van der Waals surface area contributed by atoms with Crippen LogP contribution in [0.15, 0.2) is 51.4 Å². The smallest absolute Gasteiger partial charge is 0.257 e. The van der Waals surface area contributed by atoms with Crippen molar-refractivity contribution < 1.29 is 9.21 Å². The number of nitrogens with zero attached hydrogens (tertiary/aromatic N) is 7. The molecule has 0 aliphatic heterocycles. The van der Waals surface area contributed by atoms with Crippen molar-refractivity contribution in [3.8, 4) is 16.5 Å². The van der Waals surface area contributed by atoms with E-state index in [4.69, 9.17) is 4.42 Å². The molecule has 0 aliphatic carbocycles. The van der Waals surface area contributed by atoms with E-state index in [0.29, 0.717) is 23.5 Å². The number of hydrogen-bond donors (Lipinski definition) is 0. The van der Waals surface area contributed by atoms with Crippen molar-refractivity contribution in [1.82, 2.24) is 35.3 Å². The number of aromatic nitrogens is 6. The number of amides is 1. The Morgan fingerprint density at radius 2 is 2.06 bits per heavy atom. The van der Waals surface area contributed by atoms with E-state index in [1.807, 2.05) is 55.6 Å². The van der Waals surface area contributed by atoms with Gasteiger partial charge in [-0.15, -0.1) is 26.6 Å². The minimum Gasteiger partial charge on any atom is -0.418 e. The quantitative estimate of drug-likeness (QED) is 0.353. The van der Waals surface area contributed by atoms with Gasteiger partial charge in [0, 0.05) is 6.54 Å². The van der Waals surface area contributed by atoms with Crippen LogP contribution >= 0.6 is 23.1 Å². The lowest BCUT2D eigenvalue weighted by Crippen LogP contribution is -2.33. The third-order valence-corrected chi connectivity index (χ3v) is 6.24. The van der Waals surface area contributed by atoms with Crippen molar-refractivity contribution in [3.05, 3.63) is 53.2 Å². The summed E-state index contributed by atoms with van der Waals surface area (Å²) in [6, 6.07) is 11.7.